The van der Waals surface area contributed by atoms with Crippen LogP contribution >= 0.6 is 11.8 Å². The minimum absolute atomic E-state index is 0.0770. The van der Waals surface area contributed by atoms with Gasteiger partial charge in [-0.2, -0.15) is 0 Å². The van der Waals surface area contributed by atoms with E-state index in [4.69, 9.17) is 9.47 Å². The molecule has 2 aromatic carbocycles. The second kappa shape index (κ2) is 9.97. The predicted molar refractivity (Wildman–Crippen MR) is 129 cm³/mol. The van der Waals surface area contributed by atoms with Gasteiger partial charge in [-0.15, -0.1) is 5.10 Å². The number of fused-ring (bicyclic) bond motifs is 1. The summed E-state index contributed by atoms with van der Waals surface area (Å²) >= 11 is 1.28. The van der Waals surface area contributed by atoms with Gasteiger partial charge in [0.2, 0.25) is 5.91 Å². The number of hydrogen-bond acceptors (Lipinski definition) is 6. The Labute approximate surface area is 202 Å². The van der Waals surface area contributed by atoms with Crippen LogP contribution in [0, 0.1) is 0 Å². The smallest absolute Gasteiger partial charge is 0.343 e. The highest BCUT2D eigenvalue weighted by Crippen LogP contribution is 2.42. The summed E-state index contributed by atoms with van der Waals surface area (Å²) in [6.07, 6.45) is 4.59. The number of ether oxygens (including phenoxy) is 2. The first-order valence-electron chi connectivity index (χ1n) is 11.7. The van der Waals surface area contributed by atoms with Crippen molar-refractivity contribution < 1.29 is 14.3 Å². The molecule has 178 valence electrons. The number of aromatic nitrogens is 3. The SMILES string of the molecule is O=C(CSc1n[nH]c(=O)n1CCc1ccccc1)NC1(c2ccc3c(c2)OCCO3)CCCC1. The van der Waals surface area contributed by atoms with Crippen LogP contribution < -0.4 is 20.5 Å². The summed E-state index contributed by atoms with van der Waals surface area (Å²) in [4.78, 5) is 25.3. The van der Waals surface area contributed by atoms with Crippen LogP contribution in [0.25, 0.3) is 0 Å². The molecule has 0 atom stereocenters. The van der Waals surface area contributed by atoms with Crippen molar-refractivity contribution >= 4 is 17.7 Å². The van der Waals surface area contributed by atoms with E-state index < -0.39 is 5.54 Å². The Morgan fingerprint density at radius 3 is 2.65 bits per heavy atom. The first-order valence-corrected chi connectivity index (χ1v) is 12.6. The third-order valence-electron chi connectivity index (χ3n) is 6.45. The van der Waals surface area contributed by atoms with Crippen molar-refractivity contribution in [3.8, 4) is 11.5 Å². The molecule has 9 heteroatoms. The van der Waals surface area contributed by atoms with E-state index in [1.54, 1.807) is 4.57 Å². The maximum Gasteiger partial charge on any atom is 0.343 e. The number of hydrogen-bond donors (Lipinski definition) is 2. The molecule has 5 rings (SSSR count). The number of aromatic amines is 1. The minimum atomic E-state index is -0.411. The molecule has 1 aliphatic heterocycles. The van der Waals surface area contributed by atoms with E-state index in [9.17, 15) is 9.59 Å². The Bertz CT molecular complexity index is 1200. The normalized spacial score (nSPS) is 16.4. The monoisotopic (exact) mass is 480 g/mol. The predicted octanol–water partition coefficient (Wildman–Crippen LogP) is 3.26. The quantitative estimate of drug-likeness (QED) is 0.480. The number of nitrogens with one attached hydrogen (secondary N) is 2. The van der Waals surface area contributed by atoms with E-state index in [0.717, 1.165) is 48.3 Å². The topological polar surface area (TPSA) is 98.2 Å². The Kier molecular flexibility index (Phi) is 6.62. The number of H-pyrrole nitrogens is 1. The summed E-state index contributed by atoms with van der Waals surface area (Å²) in [5, 5.41) is 10.5. The molecule has 34 heavy (non-hydrogen) atoms. The van der Waals surface area contributed by atoms with Gasteiger partial charge in [0.1, 0.15) is 13.2 Å². The zero-order valence-electron chi connectivity index (χ0n) is 18.9. The van der Waals surface area contributed by atoms with Gasteiger partial charge in [-0.3, -0.25) is 9.36 Å². The van der Waals surface area contributed by atoms with Gasteiger partial charge in [0.15, 0.2) is 16.7 Å². The fourth-order valence-electron chi connectivity index (χ4n) is 4.73. The van der Waals surface area contributed by atoms with Gasteiger partial charge in [0, 0.05) is 6.54 Å². The lowest BCUT2D eigenvalue weighted by Gasteiger charge is -2.32. The number of thioether (sulfide) groups is 1. The van der Waals surface area contributed by atoms with Gasteiger partial charge >= 0.3 is 5.69 Å². The number of aryl methyl sites for hydroxylation is 1. The van der Waals surface area contributed by atoms with Crippen molar-refractivity contribution in [2.45, 2.75) is 49.3 Å². The Balaban J connectivity index is 1.25. The van der Waals surface area contributed by atoms with Crippen molar-refractivity contribution in [3.63, 3.8) is 0 Å². The molecule has 1 saturated carbocycles. The first-order chi connectivity index (χ1) is 16.6. The van der Waals surface area contributed by atoms with Crippen LogP contribution in [-0.2, 0) is 23.3 Å². The molecular formula is C25H28N4O4S. The first kappa shape index (κ1) is 22.6. The molecule has 8 nitrogen and oxygen atoms in total. The molecule has 0 spiro atoms. The van der Waals surface area contributed by atoms with Gasteiger partial charge in [0.25, 0.3) is 0 Å². The van der Waals surface area contributed by atoms with Crippen molar-refractivity contribution in [3.05, 3.63) is 70.1 Å². The standard InChI is InChI=1S/C25H28N4O4S/c30-22(17-34-24-28-27-23(31)29(24)13-10-18-6-2-1-3-7-18)26-25(11-4-5-12-25)19-8-9-20-21(16-19)33-15-14-32-20/h1-3,6-9,16H,4-5,10-15,17H2,(H,26,30)(H,27,31). The molecule has 1 amide bonds. The molecular weight excluding hydrogens is 452 g/mol. The highest BCUT2D eigenvalue weighted by molar-refractivity contribution is 7.99. The second-order valence-electron chi connectivity index (χ2n) is 8.68. The molecule has 2 N–H and O–H groups in total. The van der Waals surface area contributed by atoms with E-state index in [0.29, 0.717) is 31.3 Å². The average Bonchev–Trinajstić information content (AvgIpc) is 3.49. The van der Waals surface area contributed by atoms with Crippen LogP contribution in [0.1, 0.15) is 36.8 Å². The van der Waals surface area contributed by atoms with E-state index in [2.05, 4.69) is 15.5 Å². The Hall–Kier alpha value is -3.20. The third-order valence-corrected chi connectivity index (χ3v) is 7.43. The summed E-state index contributed by atoms with van der Waals surface area (Å²) in [7, 11) is 0. The molecule has 1 aromatic heterocycles. The summed E-state index contributed by atoms with van der Waals surface area (Å²) in [5.41, 5.74) is 1.52. The van der Waals surface area contributed by atoms with Crippen LogP contribution in [0.2, 0.25) is 0 Å². The Morgan fingerprint density at radius 1 is 1.09 bits per heavy atom. The van der Waals surface area contributed by atoms with Gasteiger partial charge in [-0.25, -0.2) is 9.89 Å². The summed E-state index contributed by atoms with van der Waals surface area (Å²) in [5.74, 6) is 1.59. The highest BCUT2D eigenvalue weighted by Gasteiger charge is 2.38. The van der Waals surface area contributed by atoms with Crippen LogP contribution in [-0.4, -0.2) is 39.6 Å². The molecule has 2 heterocycles. The molecule has 2 aliphatic rings. The van der Waals surface area contributed by atoms with Gasteiger partial charge in [-0.1, -0.05) is 61.0 Å². The molecule has 1 aliphatic carbocycles. The largest absolute Gasteiger partial charge is 0.486 e. The molecule has 1 fully saturated rings. The van der Waals surface area contributed by atoms with E-state index >= 15 is 0 Å². The van der Waals surface area contributed by atoms with E-state index in [1.165, 1.54) is 11.8 Å². The summed E-state index contributed by atoms with van der Waals surface area (Å²) in [6.45, 7) is 1.58. The lowest BCUT2D eigenvalue weighted by Crippen LogP contribution is -2.44. The third kappa shape index (κ3) is 4.84. The molecule has 0 unspecified atom stereocenters. The maximum absolute atomic E-state index is 13.0. The molecule has 0 bridgehead atoms. The van der Waals surface area contributed by atoms with Crippen LogP contribution in [0.4, 0.5) is 0 Å². The lowest BCUT2D eigenvalue weighted by molar-refractivity contribution is -0.120. The number of amides is 1. The van der Waals surface area contributed by atoms with Crippen molar-refractivity contribution in [1.82, 2.24) is 20.1 Å². The van der Waals surface area contributed by atoms with Gasteiger partial charge in [0.05, 0.1) is 11.3 Å². The molecule has 3 aromatic rings. The van der Waals surface area contributed by atoms with Gasteiger partial charge in [-0.05, 0) is 42.5 Å². The van der Waals surface area contributed by atoms with E-state index in [-0.39, 0.29) is 17.3 Å². The van der Waals surface area contributed by atoms with Crippen LogP contribution in [0.5, 0.6) is 11.5 Å². The summed E-state index contributed by atoms with van der Waals surface area (Å²) < 4.78 is 13.0. The average molecular weight is 481 g/mol. The number of benzene rings is 2. The summed E-state index contributed by atoms with van der Waals surface area (Å²) in [6, 6.07) is 16.0. The zero-order valence-corrected chi connectivity index (χ0v) is 19.7. The number of nitrogens with zero attached hydrogens (tertiary/aromatic N) is 2. The van der Waals surface area contributed by atoms with Crippen molar-refractivity contribution in [2.24, 2.45) is 0 Å². The van der Waals surface area contributed by atoms with Crippen LogP contribution in [0.15, 0.2) is 58.5 Å². The maximum atomic E-state index is 13.0. The number of carbonyl (C=O) groups is 1. The lowest BCUT2D eigenvalue weighted by atomic mass is 9.87. The Morgan fingerprint density at radius 2 is 1.85 bits per heavy atom. The molecule has 0 radical (unpaired) electrons. The van der Waals surface area contributed by atoms with Crippen LogP contribution in [0.3, 0.4) is 0 Å². The fourth-order valence-corrected chi connectivity index (χ4v) is 5.51. The minimum Gasteiger partial charge on any atom is -0.486 e. The highest BCUT2D eigenvalue weighted by atomic mass is 32.2. The van der Waals surface area contributed by atoms with Crippen molar-refractivity contribution in [1.29, 1.82) is 0 Å². The fraction of sp³-hybridized carbons (Fsp3) is 0.400. The molecule has 0 saturated heterocycles. The zero-order chi connectivity index (χ0) is 23.4. The second-order valence-corrected chi connectivity index (χ2v) is 9.63. The van der Waals surface area contributed by atoms with E-state index in [1.807, 2.05) is 48.5 Å². The van der Waals surface area contributed by atoms with Gasteiger partial charge < -0.3 is 14.8 Å². The van der Waals surface area contributed by atoms with Crippen molar-refractivity contribution in [2.75, 3.05) is 19.0 Å². The number of rotatable bonds is 8. The number of carbonyl (C=O) groups excluding carboxylic acids is 1.